The molecule has 0 unspecified atom stereocenters. The van der Waals surface area contributed by atoms with Gasteiger partial charge in [0.1, 0.15) is 5.75 Å². The Morgan fingerprint density at radius 1 is 1.09 bits per heavy atom. The summed E-state index contributed by atoms with van der Waals surface area (Å²) >= 11 is 0. The van der Waals surface area contributed by atoms with E-state index in [4.69, 9.17) is 4.74 Å². The topological polar surface area (TPSA) is 76.9 Å². The van der Waals surface area contributed by atoms with Crippen molar-refractivity contribution in [3.8, 4) is 11.4 Å². The number of aromatic nitrogens is 4. The second-order valence-electron chi connectivity index (χ2n) is 8.19. The highest BCUT2D eigenvalue weighted by Crippen LogP contribution is 2.39. The van der Waals surface area contributed by atoms with Crippen molar-refractivity contribution in [2.75, 3.05) is 13.7 Å². The summed E-state index contributed by atoms with van der Waals surface area (Å²) in [5.74, 6) is 2.33. The van der Waals surface area contributed by atoms with Gasteiger partial charge in [-0.2, -0.15) is 4.68 Å². The highest BCUT2D eigenvalue weighted by molar-refractivity contribution is 5.85. The van der Waals surface area contributed by atoms with Crippen LogP contribution in [0.15, 0.2) is 48.5 Å². The summed E-state index contributed by atoms with van der Waals surface area (Å²) in [7, 11) is 1.72. The lowest BCUT2D eigenvalue weighted by Crippen LogP contribution is -2.45. The van der Waals surface area contributed by atoms with Crippen molar-refractivity contribution in [2.24, 2.45) is 0 Å². The summed E-state index contributed by atoms with van der Waals surface area (Å²) in [4.78, 5) is 0. The number of nitrogens with zero attached hydrogens (tertiary/aromatic N) is 4. The smallest absolute Gasteiger partial charge is 0.159 e. The van der Waals surface area contributed by atoms with Gasteiger partial charge in [-0.1, -0.05) is 30.3 Å². The Kier molecular flexibility index (Phi) is 8.48. The van der Waals surface area contributed by atoms with E-state index in [1.807, 2.05) is 16.8 Å². The molecule has 2 atom stereocenters. The number of rotatable bonds is 7. The Bertz CT molecular complexity index is 995. The van der Waals surface area contributed by atoms with Crippen LogP contribution in [-0.4, -0.2) is 39.9 Å². The van der Waals surface area contributed by atoms with Crippen LogP contribution in [0.2, 0.25) is 0 Å². The average molecular weight is 477 g/mol. The van der Waals surface area contributed by atoms with Crippen LogP contribution in [0, 0.1) is 0 Å². The molecule has 2 aliphatic rings. The van der Waals surface area contributed by atoms with Gasteiger partial charge in [0.05, 0.1) is 12.8 Å². The summed E-state index contributed by atoms with van der Waals surface area (Å²) in [5, 5.41) is 19.8. The molecular weight excluding hydrogens is 447 g/mol. The lowest BCUT2D eigenvalue weighted by molar-refractivity contribution is 0.303. The number of hydrogen-bond acceptors (Lipinski definition) is 6. The Labute approximate surface area is 201 Å². The van der Waals surface area contributed by atoms with E-state index in [2.05, 4.69) is 62.6 Å². The first-order valence-corrected chi connectivity index (χ1v) is 10.8. The predicted octanol–water partition coefficient (Wildman–Crippen LogP) is 3.97. The SMILES string of the molecule is COc1ccc(-n2nnnc2C2CC2)cc1CN[C@H]1CCCN[C@H]1c1ccccc1.Cl.Cl. The number of benzene rings is 2. The number of halogens is 2. The number of tetrazole rings is 1. The summed E-state index contributed by atoms with van der Waals surface area (Å²) < 4.78 is 7.51. The first-order valence-electron chi connectivity index (χ1n) is 10.8. The third-order valence-electron chi connectivity index (χ3n) is 6.12. The fraction of sp³-hybridized carbons (Fsp3) is 0.435. The van der Waals surface area contributed by atoms with Gasteiger partial charge in [-0.25, -0.2) is 0 Å². The molecule has 172 valence electrons. The van der Waals surface area contributed by atoms with Crippen molar-refractivity contribution < 1.29 is 4.74 Å². The van der Waals surface area contributed by atoms with Crippen molar-refractivity contribution in [1.29, 1.82) is 0 Å². The zero-order valence-electron chi connectivity index (χ0n) is 18.1. The molecule has 1 aromatic heterocycles. The molecule has 3 aromatic rings. The van der Waals surface area contributed by atoms with E-state index in [9.17, 15) is 0 Å². The minimum absolute atomic E-state index is 0. The third kappa shape index (κ3) is 5.23. The van der Waals surface area contributed by atoms with E-state index in [0.29, 0.717) is 18.0 Å². The van der Waals surface area contributed by atoms with Gasteiger partial charge in [-0.05, 0) is 66.4 Å². The van der Waals surface area contributed by atoms with Crippen LogP contribution in [0.1, 0.15) is 54.6 Å². The fourth-order valence-corrected chi connectivity index (χ4v) is 4.37. The number of ether oxygens (including phenoxy) is 1. The summed E-state index contributed by atoms with van der Waals surface area (Å²) in [6.07, 6.45) is 4.65. The van der Waals surface area contributed by atoms with Crippen molar-refractivity contribution in [2.45, 2.75) is 50.2 Å². The minimum Gasteiger partial charge on any atom is -0.496 e. The fourth-order valence-electron chi connectivity index (χ4n) is 4.37. The lowest BCUT2D eigenvalue weighted by Gasteiger charge is -2.34. The molecule has 0 bridgehead atoms. The molecule has 9 heteroatoms. The predicted molar refractivity (Wildman–Crippen MR) is 129 cm³/mol. The Balaban J connectivity index is 0.00000144. The van der Waals surface area contributed by atoms with Crippen LogP contribution < -0.4 is 15.4 Å². The molecule has 7 nitrogen and oxygen atoms in total. The van der Waals surface area contributed by atoms with E-state index in [-0.39, 0.29) is 24.8 Å². The normalized spacial score (nSPS) is 20.2. The second-order valence-corrected chi connectivity index (χ2v) is 8.19. The summed E-state index contributed by atoms with van der Waals surface area (Å²) in [6.45, 7) is 1.79. The van der Waals surface area contributed by atoms with Crippen molar-refractivity contribution >= 4 is 24.8 Å². The first kappa shape index (κ1) is 24.5. The molecule has 0 radical (unpaired) electrons. The van der Waals surface area contributed by atoms with E-state index in [1.165, 1.54) is 24.8 Å². The quantitative estimate of drug-likeness (QED) is 0.536. The molecule has 2 fully saturated rings. The van der Waals surface area contributed by atoms with Gasteiger partial charge in [-0.15, -0.1) is 29.9 Å². The van der Waals surface area contributed by atoms with E-state index < -0.39 is 0 Å². The van der Waals surface area contributed by atoms with Gasteiger partial charge in [-0.3, -0.25) is 0 Å². The number of hydrogen-bond donors (Lipinski definition) is 2. The Morgan fingerprint density at radius 3 is 2.66 bits per heavy atom. The lowest BCUT2D eigenvalue weighted by atomic mass is 9.92. The maximum absolute atomic E-state index is 5.64. The number of nitrogens with one attached hydrogen (secondary N) is 2. The molecular formula is C23H30Cl2N6O. The van der Waals surface area contributed by atoms with Crippen LogP contribution in [-0.2, 0) is 6.54 Å². The summed E-state index contributed by atoms with van der Waals surface area (Å²) in [5.41, 5.74) is 3.43. The molecule has 0 spiro atoms. The highest BCUT2D eigenvalue weighted by atomic mass is 35.5. The standard InChI is InChI=1S/C23H28N6O.2ClH/c1-30-21-12-11-19(29-23(17-9-10-17)26-27-28-29)14-18(21)15-25-20-8-5-13-24-22(20)16-6-3-2-4-7-16;;/h2-4,6-7,11-12,14,17,20,22,24-25H,5,8-10,13,15H2,1H3;2*1H/t20-,22-;;/m0../s1. The zero-order valence-corrected chi connectivity index (χ0v) is 19.7. The van der Waals surface area contributed by atoms with Crippen LogP contribution in [0.25, 0.3) is 5.69 Å². The Hall–Kier alpha value is -2.19. The molecule has 2 heterocycles. The van der Waals surface area contributed by atoms with E-state index in [0.717, 1.165) is 42.3 Å². The van der Waals surface area contributed by atoms with Gasteiger partial charge >= 0.3 is 0 Å². The molecule has 1 saturated carbocycles. The molecule has 1 aliphatic heterocycles. The Morgan fingerprint density at radius 2 is 1.91 bits per heavy atom. The van der Waals surface area contributed by atoms with Crippen LogP contribution in [0.4, 0.5) is 0 Å². The van der Waals surface area contributed by atoms with Gasteiger partial charge in [0.2, 0.25) is 0 Å². The van der Waals surface area contributed by atoms with E-state index >= 15 is 0 Å². The average Bonchev–Trinajstić information content (AvgIpc) is 3.54. The van der Waals surface area contributed by atoms with Crippen molar-refractivity contribution in [3.05, 3.63) is 65.5 Å². The summed E-state index contributed by atoms with van der Waals surface area (Å²) in [6, 6.07) is 17.6. The van der Waals surface area contributed by atoms with Gasteiger partial charge < -0.3 is 15.4 Å². The molecule has 0 amide bonds. The maximum Gasteiger partial charge on any atom is 0.159 e. The molecule has 1 saturated heterocycles. The largest absolute Gasteiger partial charge is 0.496 e. The third-order valence-corrected chi connectivity index (χ3v) is 6.12. The van der Waals surface area contributed by atoms with Crippen LogP contribution >= 0.6 is 24.8 Å². The molecule has 1 aliphatic carbocycles. The zero-order chi connectivity index (χ0) is 20.3. The molecule has 5 rings (SSSR count). The van der Waals surface area contributed by atoms with Gasteiger partial charge in [0.15, 0.2) is 5.82 Å². The second kappa shape index (κ2) is 11.1. The monoisotopic (exact) mass is 476 g/mol. The minimum atomic E-state index is 0. The number of piperidine rings is 1. The van der Waals surface area contributed by atoms with Crippen molar-refractivity contribution in [1.82, 2.24) is 30.8 Å². The molecule has 32 heavy (non-hydrogen) atoms. The van der Waals surface area contributed by atoms with Gasteiger partial charge in [0.25, 0.3) is 0 Å². The maximum atomic E-state index is 5.64. The molecule has 2 N–H and O–H groups in total. The van der Waals surface area contributed by atoms with E-state index in [1.54, 1.807) is 7.11 Å². The first-order chi connectivity index (χ1) is 14.8. The van der Waals surface area contributed by atoms with Crippen LogP contribution in [0.3, 0.4) is 0 Å². The van der Waals surface area contributed by atoms with Gasteiger partial charge in [0, 0.05) is 30.1 Å². The highest BCUT2D eigenvalue weighted by Gasteiger charge is 2.30. The van der Waals surface area contributed by atoms with Crippen LogP contribution in [0.5, 0.6) is 5.75 Å². The van der Waals surface area contributed by atoms with Crippen molar-refractivity contribution in [3.63, 3.8) is 0 Å². The number of methoxy groups -OCH3 is 1. The molecule has 2 aromatic carbocycles.